The van der Waals surface area contributed by atoms with Crippen molar-refractivity contribution in [1.29, 1.82) is 0 Å². The Kier molecular flexibility index (Phi) is 4.02. The lowest BCUT2D eigenvalue weighted by Crippen LogP contribution is -2.34. The number of hydrogen-bond acceptors (Lipinski definition) is 4. The number of rotatable bonds is 4. The molecule has 0 atom stereocenters. The number of H-pyrrole nitrogens is 1. The molecule has 1 heterocycles. The molecular formula is C14H15N3O4. The van der Waals surface area contributed by atoms with Crippen LogP contribution in [0.15, 0.2) is 33.9 Å². The van der Waals surface area contributed by atoms with Crippen molar-refractivity contribution in [3.8, 4) is 0 Å². The van der Waals surface area contributed by atoms with E-state index in [9.17, 15) is 19.7 Å². The second-order valence-corrected chi connectivity index (χ2v) is 4.68. The molecule has 0 bridgehead atoms. The summed E-state index contributed by atoms with van der Waals surface area (Å²) in [6.07, 6.45) is 0.372. The first-order chi connectivity index (χ1) is 9.93. The van der Waals surface area contributed by atoms with Crippen molar-refractivity contribution in [3.63, 3.8) is 0 Å². The first-order valence-corrected chi connectivity index (χ1v) is 6.50. The molecule has 1 aromatic heterocycles. The van der Waals surface area contributed by atoms with Gasteiger partial charge in [-0.3, -0.25) is 24.5 Å². The molecule has 7 nitrogen and oxygen atoms in total. The zero-order chi connectivity index (χ0) is 15.6. The number of non-ortho nitro benzene ring substituents is 1. The second kappa shape index (κ2) is 5.74. The number of nitrogens with zero attached hydrogens (tertiary/aromatic N) is 2. The van der Waals surface area contributed by atoms with Crippen LogP contribution >= 0.6 is 0 Å². The normalized spacial score (nSPS) is 10.6. The Bertz CT molecular complexity index is 787. The number of hydrogen-bond donors (Lipinski definition) is 1. The van der Waals surface area contributed by atoms with E-state index >= 15 is 0 Å². The second-order valence-electron chi connectivity index (χ2n) is 4.68. The lowest BCUT2D eigenvalue weighted by Gasteiger charge is -2.12. The van der Waals surface area contributed by atoms with Crippen LogP contribution in [0.25, 0.3) is 0 Å². The maximum Gasteiger partial charge on any atom is 0.328 e. The highest BCUT2D eigenvalue weighted by Crippen LogP contribution is 2.15. The number of nitro groups is 1. The fraction of sp³-hybridized carbons (Fsp3) is 0.286. The number of aromatic amines is 1. The van der Waals surface area contributed by atoms with Crippen molar-refractivity contribution in [1.82, 2.24) is 9.55 Å². The molecule has 21 heavy (non-hydrogen) atoms. The van der Waals surface area contributed by atoms with Crippen LogP contribution in [-0.4, -0.2) is 14.5 Å². The molecule has 0 fully saturated rings. The Labute approximate surface area is 120 Å². The molecule has 0 amide bonds. The number of aromatic nitrogens is 2. The van der Waals surface area contributed by atoms with Crippen LogP contribution in [0.3, 0.4) is 0 Å². The van der Waals surface area contributed by atoms with Crippen LogP contribution in [0.5, 0.6) is 0 Å². The zero-order valence-electron chi connectivity index (χ0n) is 11.8. The van der Waals surface area contributed by atoms with Crippen molar-refractivity contribution < 1.29 is 4.92 Å². The van der Waals surface area contributed by atoms with Crippen molar-refractivity contribution in [2.45, 2.75) is 26.8 Å². The summed E-state index contributed by atoms with van der Waals surface area (Å²) < 4.78 is 1.50. The van der Waals surface area contributed by atoms with Gasteiger partial charge in [0, 0.05) is 36.4 Å². The van der Waals surface area contributed by atoms with Crippen molar-refractivity contribution >= 4 is 5.69 Å². The summed E-state index contributed by atoms with van der Waals surface area (Å²) in [6.45, 7) is 3.92. The summed E-state index contributed by atoms with van der Waals surface area (Å²) in [6, 6.07) is 6.07. The highest BCUT2D eigenvalue weighted by atomic mass is 16.6. The van der Waals surface area contributed by atoms with E-state index in [-0.39, 0.29) is 5.69 Å². The van der Waals surface area contributed by atoms with Gasteiger partial charge >= 0.3 is 5.69 Å². The third-order valence-corrected chi connectivity index (χ3v) is 3.40. The van der Waals surface area contributed by atoms with E-state index in [2.05, 4.69) is 4.98 Å². The van der Waals surface area contributed by atoms with Crippen molar-refractivity contribution in [2.75, 3.05) is 0 Å². The van der Waals surface area contributed by atoms with Crippen LogP contribution < -0.4 is 11.2 Å². The molecule has 1 N–H and O–H groups in total. The summed E-state index contributed by atoms with van der Waals surface area (Å²) in [4.78, 5) is 35.9. The fourth-order valence-electron chi connectivity index (χ4n) is 2.21. The van der Waals surface area contributed by atoms with E-state index < -0.39 is 16.2 Å². The molecule has 0 aliphatic carbocycles. The average Bonchev–Trinajstić information content (AvgIpc) is 2.45. The summed E-state index contributed by atoms with van der Waals surface area (Å²) >= 11 is 0. The molecule has 0 spiro atoms. The Morgan fingerprint density at radius 1 is 1.24 bits per heavy atom. The average molecular weight is 289 g/mol. The van der Waals surface area contributed by atoms with Gasteiger partial charge in [-0.2, -0.15) is 0 Å². The SMILES string of the molecule is CCn1c(Cc2ccc([N+](=O)[O-])cc2)c(C)c(=O)[nH]c1=O. The molecule has 0 unspecified atom stereocenters. The van der Waals surface area contributed by atoms with Crippen molar-refractivity contribution in [2.24, 2.45) is 0 Å². The van der Waals surface area contributed by atoms with E-state index in [1.165, 1.54) is 16.7 Å². The zero-order valence-corrected chi connectivity index (χ0v) is 11.8. The van der Waals surface area contributed by atoms with Gasteiger partial charge in [0.2, 0.25) is 0 Å². The minimum absolute atomic E-state index is 0.00858. The molecule has 0 aliphatic heterocycles. The molecule has 7 heteroatoms. The van der Waals surface area contributed by atoms with Gasteiger partial charge in [0.15, 0.2) is 0 Å². The van der Waals surface area contributed by atoms with E-state index in [0.717, 1.165) is 5.56 Å². The molecule has 2 aromatic rings. The third-order valence-electron chi connectivity index (χ3n) is 3.40. The van der Waals surface area contributed by atoms with Gasteiger partial charge in [-0.25, -0.2) is 4.79 Å². The van der Waals surface area contributed by atoms with Gasteiger partial charge < -0.3 is 0 Å². The van der Waals surface area contributed by atoms with Crippen LogP contribution in [0.4, 0.5) is 5.69 Å². The van der Waals surface area contributed by atoms with E-state index in [1.807, 2.05) is 6.92 Å². The predicted octanol–water partition coefficient (Wildman–Crippen LogP) is 1.36. The highest BCUT2D eigenvalue weighted by molar-refractivity contribution is 5.35. The van der Waals surface area contributed by atoms with Crippen LogP contribution in [-0.2, 0) is 13.0 Å². The first-order valence-electron chi connectivity index (χ1n) is 6.50. The molecule has 2 rings (SSSR count). The Morgan fingerprint density at radius 3 is 2.38 bits per heavy atom. The maximum absolute atomic E-state index is 11.8. The quantitative estimate of drug-likeness (QED) is 0.678. The molecule has 110 valence electrons. The number of benzene rings is 1. The van der Waals surface area contributed by atoms with Gasteiger partial charge in [0.25, 0.3) is 11.2 Å². The molecule has 0 saturated carbocycles. The monoisotopic (exact) mass is 289 g/mol. The molecule has 1 aromatic carbocycles. The van der Waals surface area contributed by atoms with Crippen LogP contribution in [0.2, 0.25) is 0 Å². The largest absolute Gasteiger partial charge is 0.328 e. The van der Waals surface area contributed by atoms with Gasteiger partial charge in [-0.15, -0.1) is 0 Å². The Balaban J connectivity index is 2.46. The van der Waals surface area contributed by atoms with Gasteiger partial charge in [0.05, 0.1) is 4.92 Å². The standard InChI is InChI=1S/C14H15N3O4/c1-3-16-12(9(2)13(18)15-14(16)19)8-10-4-6-11(7-5-10)17(20)21/h4-7H,3,8H2,1-2H3,(H,15,18,19). The van der Waals surface area contributed by atoms with Crippen LogP contribution in [0, 0.1) is 17.0 Å². The van der Waals surface area contributed by atoms with E-state index in [4.69, 9.17) is 0 Å². The first kappa shape index (κ1) is 14.7. The topological polar surface area (TPSA) is 98.0 Å². The lowest BCUT2D eigenvalue weighted by atomic mass is 10.1. The summed E-state index contributed by atoms with van der Waals surface area (Å²) in [5.41, 5.74) is 1.08. The van der Waals surface area contributed by atoms with Gasteiger partial charge in [-0.1, -0.05) is 12.1 Å². The maximum atomic E-state index is 11.8. The minimum atomic E-state index is -0.468. The van der Waals surface area contributed by atoms with Crippen molar-refractivity contribution in [3.05, 3.63) is 72.0 Å². The molecule has 0 radical (unpaired) electrons. The number of nitro benzene ring substituents is 1. The third kappa shape index (κ3) is 2.91. The fourth-order valence-corrected chi connectivity index (χ4v) is 2.21. The predicted molar refractivity (Wildman–Crippen MR) is 77.6 cm³/mol. The van der Waals surface area contributed by atoms with E-state index in [0.29, 0.717) is 24.2 Å². The van der Waals surface area contributed by atoms with E-state index in [1.54, 1.807) is 19.1 Å². The highest BCUT2D eigenvalue weighted by Gasteiger charge is 2.12. The summed E-state index contributed by atoms with van der Waals surface area (Å²) in [7, 11) is 0. The smallest absolute Gasteiger partial charge is 0.297 e. The lowest BCUT2D eigenvalue weighted by molar-refractivity contribution is -0.384. The Hall–Kier alpha value is -2.70. The number of nitrogens with one attached hydrogen (secondary N) is 1. The minimum Gasteiger partial charge on any atom is -0.297 e. The van der Waals surface area contributed by atoms with Gasteiger partial charge in [-0.05, 0) is 19.4 Å². The van der Waals surface area contributed by atoms with Crippen LogP contribution in [0.1, 0.15) is 23.7 Å². The molecule has 0 aliphatic rings. The Morgan fingerprint density at radius 2 is 1.86 bits per heavy atom. The summed E-state index contributed by atoms with van der Waals surface area (Å²) in [5.74, 6) is 0. The van der Waals surface area contributed by atoms with Gasteiger partial charge in [0.1, 0.15) is 0 Å². The summed E-state index contributed by atoms with van der Waals surface area (Å²) in [5, 5.41) is 10.6. The molecule has 0 saturated heterocycles. The molecular weight excluding hydrogens is 274 g/mol.